The zero-order valence-corrected chi connectivity index (χ0v) is 16.1. The van der Waals surface area contributed by atoms with Crippen molar-refractivity contribution in [1.29, 1.82) is 0 Å². The number of rotatable bonds is 4. The van der Waals surface area contributed by atoms with Crippen LogP contribution in [-0.4, -0.2) is 49.2 Å². The highest BCUT2D eigenvalue weighted by molar-refractivity contribution is 5.84. The third kappa shape index (κ3) is 3.08. The van der Waals surface area contributed by atoms with E-state index in [1.165, 1.54) is 6.07 Å². The molecule has 2 aliphatic rings. The fourth-order valence-electron chi connectivity index (χ4n) is 3.98. The SMILES string of the molecule is COCC1CCCN1c1cccc(F)c1-c1ccc2c(n1)N=C(N)N(C)C2N. The Morgan fingerprint density at radius 3 is 2.89 bits per heavy atom. The molecule has 0 saturated carbocycles. The van der Waals surface area contributed by atoms with Crippen LogP contribution in [0.15, 0.2) is 35.3 Å². The molecule has 2 aromatic rings. The van der Waals surface area contributed by atoms with Crippen molar-refractivity contribution in [2.75, 3.05) is 32.2 Å². The molecule has 1 saturated heterocycles. The molecule has 2 aliphatic heterocycles. The van der Waals surface area contributed by atoms with E-state index in [1.54, 1.807) is 31.2 Å². The lowest BCUT2D eigenvalue weighted by molar-refractivity contribution is 0.181. The quantitative estimate of drug-likeness (QED) is 0.841. The van der Waals surface area contributed by atoms with Gasteiger partial charge in [0.2, 0.25) is 0 Å². The summed E-state index contributed by atoms with van der Waals surface area (Å²) in [6.07, 6.45) is 1.63. The fourth-order valence-corrected chi connectivity index (χ4v) is 3.98. The van der Waals surface area contributed by atoms with Gasteiger partial charge in [-0.25, -0.2) is 9.37 Å². The van der Waals surface area contributed by atoms with Crippen LogP contribution in [0.1, 0.15) is 24.6 Å². The van der Waals surface area contributed by atoms with Crippen molar-refractivity contribution in [2.45, 2.75) is 25.0 Å². The molecule has 2 unspecified atom stereocenters. The Morgan fingerprint density at radius 1 is 1.29 bits per heavy atom. The Balaban J connectivity index is 1.80. The summed E-state index contributed by atoms with van der Waals surface area (Å²) in [7, 11) is 3.47. The Labute approximate surface area is 163 Å². The second-order valence-electron chi connectivity index (χ2n) is 7.21. The highest BCUT2D eigenvalue weighted by atomic mass is 19.1. The van der Waals surface area contributed by atoms with Gasteiger partial charge in [-0.2, -0.15) is 4.99 Å². The van der Waals surface area contributed by atoms with Gasteiger partial charge in [0.05, 0.1) is 23.9 Å². The molecule has 0 aliphatic carbocycles. The number of hydrogen-bond acceptors (Lipinski definition) is 7. The summed E-state index contributed by atoms with van der Waals surface area (Å²) in [6, 6.07) is 8.99. The maximum absolute atomic E-state index is 15.0. The third-order valence-corrected chi connectivity index (χ3v) is 5.52. The molecule has 4 N–H and O–H groups in total. The second kappa shape index (κ2) is 7.37. The lowest BCUT2D eigenvalue weighted by Crippen LogP contribution is -2.43. The van der Waals surface area contributed by atoms with Crippen LogP contribution < -0.4 is 16.4 Å². The summed E-state index contributed by atoms with van der Waals surface area (Å²) in [6.45, 7) is 1.46. The second-order valence-corrected chi connectivity index (χ2v) is 7.21. The van der Waals surface area contributed by atoms with Crippen molar-refractivity contribution in [2.24, 2.45) is 16.5 Å². The molecular formula is C20H25FN6O. The van der Waals surface area contributed by atoms with E-state index in [2.05, 4.69) is 14.9 Å². The first-order valence-corrected chi connectivity index (χ1v) is 9.39. The summed E-state index contributed by atoms with van der Waals surface area (Å²) in [5, 5.41) is 0. The third-order valence-electron chi connectivity index (χ3n) is 5.52. The highest BCUT2D eigenvalue weighted by Gasteiger charge is 2.29. The lowest BCUT2D eigenvalue weighted by atomic mass is 10.0. The number of halogens is 1. The van der Waals surface area contributed by atoms with E-state index in [0.29, 0.717) is 23.7 Å². The number of ether oxygens (including phenoxy) is 1. The maximum Gasteiger partial charge on any atom is 0.199 e. The summed E-state index contributed by atoms with van der Waals surface area (Å²) < 4.78 is 20.3. The maximum atomic E-state index is 15.0. The molecule has 7 nitrogen and oxygen atoms in total. The van der Waals surface area contributed by atoms with Gasteiger partial charge < -0.3 is 26.0 Å². The molecule has 4 rings (SSSR count). The van der Waals surface area contributed by atoms with E-state index < -0.39 is 6.17 Å². The molecule has 0 spiro atoms. The normalized spacial score (nSPS) is 21.6. The van der Waals surface area contributed by atoms with E-state index in [0.717, 1.165) is 30.6 Å². The monoisotopic (exact) mass is 384 g/mol. The van der Waals surface area contributed by atoms with Gasteiger partial charge in [0.1, 0.15) is 12.0 Å². The van der Waals surface area contributed by atoms with Gasteiger partial charge in [-0.05, 0) is 37.1 Å². The molecule has 2 atom stereocenters. The zero-order chi connectivity index (χ0) is 19.8. The number of fused-ring (bicyclic) bond motifs is 1. The molecule has 28 heavy (non-hydrogen) atoms. The molecule has 0 radical (unpaired) electrons. The van der Waals surface area contributed by atoms with Gasteiger partial charge in [0, 0.05) is 32.0 Å². The molecule has 1 aromatic carbocycles. The minimum atomic E-state index is -0.432. The number of benzene rings is 1. The molecule has 1 aromatic heterocycles. The number of hydrogen-bond donors (Lipinski definition) is 2. The smallest absolute Gasteiger partial charge is 0.199 e. The number of aliphatic imine (C=N–C) groups is 1. The summed E-state index contributed by atoms with van der Waals surface area (Å²) in [4.78, 5) is 12.8. The number of pyridine rings is 1. The molecule has 8 heteroatoms. The van der Waals surface area contributed by atoms with E-state index in [-0.39, 0.29) is 17.8 Å². The van der Waals surface area contributed by atoms with Crippen molar-refractivity contribution in [3.63, 3.8) is 0 Å². The van der Waals surface area contributed by atoms with Crippen molar-refractivity contribution in [1.82, 2.24) is 9.88 Å². The van der Waals surface area contributed by atoms with Crippen molar-refractivity contribution >= 4 is 17.5 Å². The zero-order valence-electron chi connectivity index (χ0n) is 16.1. The Kier molecular flexibility index (Phi) is 4.91. The van der Waals surface area contributed by atoms with Crippen LogP contribution in [0, 0.1) is 5.82 Å². The van der Waals surface area contributed by atoms with Crippen LogP contribution in [-0.2, 0) is 4.74 Å². The molecule has 0 amide bonds. The van der Waals surface area contributed by atoms with Gasteiger partial charge >= 0.3 is 0 Å². The molecule has 1 fully saturated rings. The first-order chi connectivity index (χ1) is 13.5. The summed E-state index contributed by atoms with van der Waals surface area (Å²) in [5.41, 5.74) is 14.7. The Hall–Kier alpha value is -2.71. The van der Waals surface area contributed by atoms with E-state index in [9.17, 15) is 4.39 Å². The van der Waals surface area contributed by atoms with Gasteiger partial charge in [0.25, 0.3) is 0 Å². The number of anilines is 1. The first-order valence-electron chi connectivity index (χ1n) is 9.39. The molecule has 148 valence electrons. The summed E-state index contributed by atoms with van der Waals surface area (Å²) >= 11 is 0. The van der Waals surface area contributed by atoms with E-state index in [1.807, 2.05) is 12.1 Å². The molecule has 0 bridgehead atoms. The van der Waals surface area contributed by atoms with Gasteiger partial charge in [-0.3, -0.25) is 0 Å². The van der Waals surface area contributed by atoms with Crippen LogP contribution in [0.2, 0.25) is 0 Å². The van der Waals surface area contributed by atoms with Crippen molar-refractivity contribution < 1.29 is 9.13 Å². The fraction of sp³-hybridized carbons (Fsp3) is 0.400. The number of nitrogens with two attached hydrogens (primary N) is 2. The van der Waals surface area contributed by atoms with E-state index in [4.69, 9.17) is 16.2 Å². The average Bonchev–Trinajstić information content (AvgIpc) is 3.14. The number of guanidine groups is 1. The Bertz CT molecular complexity index is 918. The van der Waals surface area contributed by atoms with Crippen molar-refractivity contribution in [3.05, 3.63) is 41.7 Å². The summed E-state index contributed by atoms with van der Waals surface area (Å²) in [5.74, 6) is 0.407. The number of nitrogens with zero attached hydrogens (tertiary/aromatic N) is 4. The largest absolute Gasteiger partial charge is 0.383 e. The van der Waals surface area contributed by atoms with Gasteiger partial charge in [-0.15, -0.1) is 0 Å². The minimum absolute atomic E-state index is 0.221. The lowest BCUT2D eigenvalue weighted by Gasteiger charge is -2.31. The standard InChI is InChI=1S/C20H25FN6O/c1-26-18(22)13-8-9-15(24-19(13)25-20(26)23)17-14(21)6-3-7-16(17)27-10-4-5-12(27)11-28-2/h3,6-9,12,18H,4-5,10-11,22H2,1-2H3,(H2,23,24,25). The van der Waals surface area contributed by atoms with Crippen LogP contribution in [0.3, 0.4) is 0 Å². The molecular weight excluding hydrogens is 359 g/mol. The first kappa shape index (κ1) is 18.6. The van der Waals surface area contributed by atoms with Crippen LogP contribution in [0.4, 0.5) is 15.9 Å². The average molecular weight is 384 g/mol. The number of aromatic nitrogens is 1. The molecule has 3 heterocycles. The highest BCUT2D eigenvalue weighted by Crippen LogP contribution is 2.38. The van der Waals surface area contributed by atoms with Gasteiger partial charge in [-0.1, -0.05) is 6.07 Å². The van der Waals surface area contributed by atoms with Crippen LogP contribution in [0.25, 0.3) is 11.3 Å². The van der Waals surface area contributed by atoms with Crippen LogP contribution >= 0.6 is 0 Å². The van der Waals surface area contributed by atoms with Crippen LogP contribution in [0.5, 0.6) is 0 Å². The van der Waals surface area contributed by atoms with Crippen molar-refractivity contribution in [3.8, 4) is 11.3 Å². The van der Waals surface area contributed by atoms with Gasteiger partial charge in [0.15, 0.2) is 11.8 Å². The topological polar surface area (TPSA) is 93.0 Å². The minimum Gasteiger partial charge on any atom is -0.383 e. The predicted octanol–water partition coefficient (Wildman–Crippen LogP) is 2.35. The predicted molar refractivity (Wildman–Crippen MR) is 108 cm³/mol. The Morgan fingerprint density at radius 2 is 2.11 bits per heavy atom. The number of methoxy groups -OCH3 is 1. The van der Waals surface area contributed by atoms with E-state index >= 15 is 0 Å².